The van der Waals surface area contributed by atoms with Gasteiger partial charge in [0.2, 0.25) is 0 Å². The normalized spacial score (nSPS) is 15.6. The molecule has 0 amide bonds. The van der Waals surface area contributed by atoms with Crippen LogP contribution in [0.5, 0.6) is 0 Å². The highest BCUT2D eigenvalue weighted by Crippen LogP contribution is 2.17. The summed E-state index contributed by atoms with van der Waals surface area (Å²) in [4.78, 5) is 15.2. The third-order valence-electron chi connectivity index (χ3n) is 4.61. The zero-order chi connectivity index (χ0) is 19.7. The first-order valence-corrected chi connectivity index (χ1v) is 9.24. The fourth-order valence-corrected chi connectivity index (χ4v) is 3.07. The topological polar surface area (TPSA) is 89.9 Å². The van der Waals surface area contributed by atoms with Crippen LogP contribution in [0.3, 0.4) is 0 Å². The summed E-state index contributed by atoms with van der Waals surface area (Å²) >= 11 is 0. The summed E-state index contributed by atoms with van der Waals surface area (Å²) < 4.78 is 8.11. The third kappa shape index (κ3) is 3.53. The van der Waals surface area contributed by atoms with Crippen LogP contribution in [0.25, 0.3) is 5.78 Å². The van der Waals surface area contributed by atoms with Gasteiger partial charge in [0.15, 0.2) is 0 Å². The first kappa shape index (κ1) is 18.3. The Hall–Kier alpha value is -3.07. The van der Waals surface area contributed by atoms with Crippen molar-refractivity contribution in [2.45, 2.75) is 26.2 Å². The second kappa shape index (κ2) is 7.16. The number of hydrogen-bond acceptors (Lipinski definition) is 7. The van der Waals surface area contributed by atoms with Crippen molar-refractivity contribution in [1.29, 1.82) is 0 Å². The number of rotatable bonds is 3. The maximum atomic E-state index is 12.9. The summed E-state index contributed by atoms with van der Waals surface area (Å²) in [7, 11) is 0. The molecule has 9 heteroatoms. The quantitative estimate of drug-likeness (QED) is 0.636. The van der Waals surface area contributed by atoms with Gasteiger partial charge in [0.25, 0.3) is 11.3 Å². The molecule has 0 bridgehead atoms. The largest absolute Gasteiger partial charge is 0.378 e. The van der Waals surface area contributed by atoms with Crippen molar-refractivity contribution < 1.29 is 4.74 Å². The van der Waals surface area contributed by atoms with Crippen LogP contribution in [0.1, 0.15) is 32.0 Å². The van der Waals surface area contributed by atoms with Gasteiger partial charge in [-0.3, -0.25) is 4.79 Å². The summed E-state index contributed by atoms with van der Waals surface area (Å²) in [6.07, 6.45) is 3.11. The summed E-state index contributed by atoms with van der Waals surface area (Å²) in [5.41, 5.74) is 1.72. The fourth-order valence-electron chi connectivity index (χ4n) is 3.07. The van der Waals surface area contributed by atoms with Crippen molar-refractivity contribution in [2.24, 2.45) is 5.10 Å². The van der Waals surface area contributed by atoms with Crippen molar-refractivity contribution in [3.63, 3.8) is 0 Å². The molecule has 1 aliphatic rings. The number of benzene rings is 1. The first-order valence-electron chi connectivity index (χ1n) is 9.24. The molecule has 3 heterocycles. The molecule has 0 spiro atoms. The van der Waals surface area contributed by atoms with Crippen molar-refractivity contribution >= 4 is 17.7 Å². The van der Waals surface area contributed by atoms with E-state index in [4.69, 9.17) is 4.74 Å². The lowest BCUT2D eigenvalue weighted by Gasteiger charge is -2.28. The van der Waals surface area contributed by atoms with E-state index in [0.29, 0.717) is 5.69 Å². The summed E-state index contributed by atoms with van der Waals surface area (Å²) in [5.74, 6) is 0.277. The zero-order valence-corrected chi connectivity index (χ0v) is 16.2. The maximum Gasteiger partial charge on any atom is 0.298 e. The second-order valence-electron chi connectivity index (χ2n) is 7.73. The van der Waals surface area contributed by atoms with E-state index in [0.717, 1.165) is 37.6 Å². The molecule has 2 aromatic heterocycles. The van der Waals surface area contributed by atoms with Crippen molar-refractivity contribution in [2.75, 3.05) is 31.2 Å². The number of morpholine rings is 1. The van der Waals surface area contributed by atoms with Gasteiger partial charge >= 0.3 is 0 Å². The van der Waals surface area contributed by atoms with Crippen LogP contribution >= 0.6 is 0 Å². The Morgan fingerprint density at radius 1 is 1.14 bits per heavy atom. The van der Waals surface area contributed by atoms with E-state index in [2.05, 4.69) is 37.4 Å². The molecule has 0 saturated carbocycles. The minimum absolute atomic E-state index is 0.277. The average molecular weight is 381 g/mol. The summed E-state index contributed by atoms with van der Waals surface area (Å²) in [6.45, 7) is 9.08. The van der Waals surface area contributed by atoms with Gasteiger partial charge in [-0.05, 0) is 17.7 Å². The van der Waals surface area contributed by atoms with Gasteiger partial charge in [0, 0.05) is 24.2 Å². The van der Waals surface area contributed by atoms with Gasteiger partial charge < -0.3 is 9.64 Å². The average Bonchev–Trinajstić information content (AvgIpc) is 3.15. The monoisotopic (exact) mass is 381 g/mol. The van der Waals surface area contributed by atoms with Gasteiger partial charge in [-0.15, -0.1) is 10.2 Å². The Morgan fingerprint density at radius 3 is 2.54 bits per heavy atom. The molecule has 4 rings (SSSR count). The summed E-state index contributed by atoms with van der Waals surface area (Å²) in [6, 6.07) is 8.06. The Labute approximate surface area is 162 Å². The molecule has 0 N–H and O–H groups in total. The van der Waals surface area contributed by atoms with E-state index in [9.17, 15) is 4.79 Å². The SMILES string of the molecule is CC(C)(C)c1nn2cnnc2n(/N=C/c2ccc(N3CCOCC3)cc2)c1=O. The Morgan fingerprint density at radius 2 is 1.86 bits per heavy atom. The fraction of sp³-hybridized carbons (Fsp3) is 0.421. The van der Waals surface area contributed by atoms with Crippen LogP contribution in [0.15, 0.2) is 40.5 Å². The maximum absolute atomic E-state index is 12.9. The van der Waals surface area contributed by atoms with E-state index in [1.54, 1.807) is 6.21 Å². The molecule has 0 unspecified atom stereocenters. The lowest BCUT2D eigenvalue weighted by molar-refractivity contribution is 0.122. The van der Waals surface area contributed by atoms with Crippen LogP contribution in [-0.2, 0) is 10.2 Å². The zero-order valence-electron chi connectivity index (χ0n) is 16.2. The molecule has 0 aliphatic carbocycles. The van der Waals surface area contributed by atoms with Gasteiger partial charge in [-0.25, -0.2) is 0 Å². The van der Waals surface area contributed by atoms with Crippen LogP contribution < -0.4 is 10.5 Å². The first-order chi connectivity index (χ1) is 13.4. The number of hydrogen-bond donors (Lipinski definition) is 0. The van der Waals surface area contributed by atoms with Crippen molar-refractivity contribution in [1.82, 2.24) is 24.5 Å². The van der Waals surface area contributed by atoms with Crippen molar-refractivity contribution in [3.05, 3.63) is 52.2 Å². The van der Waals surface area contributed by atoms with Crippen molar-refractivity contribution in [3.8, 4) is 0 Å². The molecule has 28 heavy (non-hydrogen) atoms. The number of fused-ring (bicyclic) bond motifs is 1. The van der Waals surface area contributed by atoms with Crippen LogP contribution in [-0.4, -0.2) is 57.0 Å². The molecule has 1 saturated heterocycles. The number of ether oxygens (including phenoxy) is 1. The number of anilines is 1. The highest BCUT2D eigenvalue weighted by molar-refractivity contribution is 5.80. The van der Waals surface area contributed by atoms with E-state index >= 15 is 0 Å². The van der Waals surface area contributed by atoms with E-state index in [1.165, 1.54) is 15.5 Å². The smallest absolute Gasteiger partial charge is 0.298 e. The molecule has 9 nitrogen and oxygen atoms in total. The highest BCUT2D eigenvalue weighted by atomic mass is 16.5. The molecular formula is C19H23N7O2. The van der Waals surface area contributed by atoms with Gasteiger partial charge in [-0.1, -0.05) is 32.9 Å². The van der Waals surface area contributed by atoms with Gasteiger partial charge in [-0.2, -0.15) is 19.4 Å². The lowest BCUT2D eigenvalue weighted by Crippen LogP contribution is -2.36. The Kier molecular flexibility index (Phi) is 4.68. The molecule has 1 aromatic carbocycles. The Balaban J connectivity index is 1.66. The van der Waals surface area contributed by atoms with E-state index in [1.807, 2.05) is 32.9 Å². The number of aromatic nitrogens is 5. The predicted molar refractivity (Wildman–Crippen MR) is 106 cm³/mol. The van der Waals surface area contributed by atoms with E-state index < -0.39 is 5.41 Å². The number of nitrogens with zero attached hydrogens (tertiary/aromatic N) is 7. The standard InChI is InChI=1S/C19H23N7O2/c1-19(2,3)16-17(27)26(18-22-20-13-25(18)23-16)21-12-14-4-6-15(7-5-14)24-8-10-28-11-9-24/h4-7,12-13H,8-11H2,1-3H3/b21-12+. The molecular weight excluding hydrogens is 358 g/mol. The molecule has 1 fully saturated rings. The minimum Gasteiger partial charge on any atom is -0.378 e. The molecule has 0 radical (unpaired) electrons. The van der Waals surface area contributed by atoms with Crippen LogP contribution in [0.4, 0.5) is 5.69 Å². The molecule has 1 aliphatic heterocycles. The van der Waals surface area contributed by atoms with E-state index in [-0.39, 0.29) is 11.3 Å². The predicted octanol–water partition coefficient (Wildman–Crippen LogP) is 1.30. The molecule has 0 atom stereocenters. The van der Waals surface area contributed by atoms with Gasteiger partial charge in [0.1, 0.15) is 12.0 Å². The van der Waals surface area contributed by atoms with Gasteiger partial charge in [0.05, 0.1) is 19.4 Å². The Bertz CT molecular complexity index is 1050. The summed E-state index contributed by atoms with van der Waals surface area (Å²) in [5, 5.41) is 16.5. The second-order valence-corrected chi connectivity index (χ2v) is 7.73. The molecule has 146 valence electrons. The highest BCUT2D eigenvalue weighted by Gasteiger charge is 2.23. The van der Waals surface area contributed by atoms with Crippen LogP contribution in [0.2, 0.25) is 0 Å². The lowest BCUT2D eigenvalue weighted by atomic mass is 9.93. The minimum atomic E-state index is -0.424. The van der Waals surface area contributed by atoms with Crippen LogP contribution in [0, 0.1) is 0 Å². The molecule has 3 aromatic rings. The third-order valence-corrected chi connectivity index (χ3v) is 4.61.